The van der Waals surface area contributed by atoms with Gasteiger partial charge in [0.2, 0.25) is 11.8 Å². The monoisotopic (exact) mass is 304 g/mol. The van der Waals surface area contributed by atoms with Crippen molar-refractivity contribution in [1.29, 1.82) is 0 Å². The molecule has 1 spiro atoms. The molecule has 22 heavy (non-hydrogen) atoms. The second kappa shape index (κ2) is 5.61. The molecule has 1 atom stereocenters. The molecule has 2 aliphatic rings. The molecule has 0 aliphatic carbocycles. The van der Waals surface area contributed by atoms with E-state index in [-0.39, 0.29) is 11.8 Å². The molecular weight excluding hydrogens is 284 g/mol. The van der Waals surface area contributed by atoms with Crippen LogP contribution in [0.5, 0.6) is 11.5 Å². The third-order valence-corrected chi connectivity index (χ3v) is 4.55. The van der Waals surface area contributed by atoms with Crippen LogP contribution in [0.1, 0.15) is 18.4 Å². The van der Waals surface area contributed by atoms with Gasteiger partial charge < -0.3 is 9.47 Å². The van der Waals surface area contributed by atoms with Crippen LogP contribution in [-0.4, -0.2) is 44.0 Å². The molecule has 0 saturated carbocycles. The Kier molecular flexibility index (Phi) is 3.78. The minimum absolute atomic E-state index is 0.123. The van der Waals surface area contributed by atoms with E-state index in [4.69, 9.17) is 9.47 Å². The molecule has 6 nitrogen and oxygen atoms in total. The third kappa shape index (κ3) is 2.54. The number of nitrogens with one attached hydrogen (secondary N) is 1. The van der Waals surface area contributed by atoms with Crippen molar-refractivity contribution < 1.29 is 19.1 Å². The Hall–Kier alpha value is -2.08. The van der Waals surface area contributed by atoms with Crippen LogP contribution >= 0.6 is 0 Å². The molecule has 0 radical (unpaired) electrons. The van der Waals surface area contributed by atoms with E-state index < -0.39 is 5.41 Å². The zero-order chi connectivity index (χ0) is 15.7. The predicted octanol–water partition coefficient (Wildman–Crippen LogP) is 0.942. The summed E-state index contributed by atoms with van der Waals surface area (Å²) in [5, 5.41) is 2.43. The summed E-state index contributed by atoms with van der Waals surface area (Å²) < 4.78 is 10.6. The zero-order valence-electron chi connectivity index (χ0n) is 12.8. The first-order valence-electron chi connectivity index (χ1n) is 7.34. The maximum Gasteiger partial charge on any atom is 0.234 e. The van der Waals surface area contributed by atoms with Crippen molar-refractivity contribution in [2.24, 2.45) is 5.41 Å². The highest BCUT2D eigenvalue weighted by Crippen LogP contribution is 2.38. The predicted molar refractivity (Wildman–Crippen MR) is 79.6 cm³/mol. The van der Waals surface area contributed by atoms with Crippen LogP contribution < -0.4 is 14.8 Å². The highest BCUT2D eigenvalue weighted by Gasteiger charge is 2.50. The summed E-state index contributed by atoms with van der Waals surface area (Å²) >= 11 is 0. The number of likely N-dealkylation sites (tertiary alicyclic amines) is 1. The molecule has 118 valence electrons. The summed E-state index contributed by atoms with van der Waals surface area (Å²) in [5.74, 6) is 1.24. The van der Waals surface area contributed by atoms with E-state index in [9.17, 15) is 9.59 Å². The van der Waals surface area contributed by atoms with E-state index in [0.717, 1.165) is 30.0 Å². The topological polar surface area (TPSA) is 67.9 Å². The molecule has 1 aromatic carbocycles. The first-order valence-corrected chi connectivity index (χ1v) is 7.34. The Morgan fingerprint density at radius 3 is 2.73 bits per heavy atom. The lowest BCUT2D eigenvalue weighted by atomic mass is 9.85. The van der Waals surface area contributed by atoms with Crippen LogP contribution in [-0.2, 0) is 16.1 Å². The van der Waals surface area contributed by atoms with Crippen LogP contribution in [0.25, 0.3) is 0 Å². The van der Waals surface area contributed by atoms with Crippen molar-refractivity contribution in [3.8, 4) is 11.5 Å². The smallest absolute Gasteiger partial charge is 0.234 e. The SMILES string of the molecule is COc1ccc(CN2CCC3(CC(=O)NC3=O)C2)c(OC)c1. The Bertz CT molecular complexity index is 616. The van der Waals surface area contributed by atoms with Crippen molar-refractivity contribution in [3.05, 3.63) is 23.8 Å². The number of nitrogens with zero attached hydrogens (tertiary/aromatic N) is 1. The summed E-state index contributed by atoms with van der Waals surface area (Å²) in [6.45, 7) is 2.10. The Balaban J connectivity index is 1.73. The minimum atomic E-state index is -0.531. The molecule has 1 N–H and O–H groups in total. The van der Waals surface area contributed by atoms with Crippen molar-refractivity contribution in [2.75, 3.05) is 27.3 Å². The number of hydrogen-bond acceptors (Lipinski definition) is 5. The summed E-state index contributed by atoms with van der Waals surface area (Å²) in [5.41, 5.74) is 0.515. The van der Waals surface area contributed by atoms with E-state index in [1.165, 1.54) is 0 Å². The van der Waals surface area contributed by atoms with E-state index in [2.05, 4.69) is 10.2 Å². The van der Waals surface area contributed by atoms with Crippen molar-refractivity contribution in [2.45, 2.75) is 19.4 Å². The van der Waals surface area contributed by atoms with Gasteiger partial charge in [0.05, 0.1) is 19.6 Å². The van der Waals surface area contributed by atoms with Gasteiger partial charge in [-0.1, -0.05) is 6.07 Å². The van der Waals surface area contributed by atoms with Crippen molar-refractivity contribution in [3.63, 3.8) is 0 Å². The lowest BCUT2D eigenvalue weighted by Gasteiger charge is -2.21. The van der Waals surface area contributed by atoms with Gasteiger partial charge >= 0.3 is 0 Å². The Morgan fingerprint density at radius 1 is 1.27 bits per heavy atom. The normalized spacial score (nSPS) is 24.8. The third-order valence-electron chi connectivity index (χ3n) is 4.55. The number of imide groups is 1. The summed E-state index contributed by atoms with van der Waals surface area (Å²) in [4.78, 5) is 25.7. The molecule has 0 bridgehead atoms. The summed E-state index contributed by atoms with van der Waals surface area (Å²) in [6, 6.07) is 5.73. The number of rotatable bonds is 4. The molecule has 0 aromatic heterocycles. The lowest BCUT2D eigenvalue weighted by molar-refractivity contribution is -0.128. The Labute approximate surface area is 129 Å². The van der Waals surface area contributed by atoms with Crippen LogP contribution in [0.3, 0.4) is 0 Å². The summed E-state index contributed by atoms with van der Waals surface area (Å²) in [7, 11) is 3.25. The molecule has 2 fully saturated rings. The number of carbonyl (C=O) groups excluding carboxylic acids is 2. The fourth-order valence-corrected chi connectivity index (χ4v) is 3.34. The number of benzene rings is 1. The first-order chi connectivity index (χ1) is 10.6. The van der Waals surface area contributed by atoms with Gasteiger partial charge in [-0.05, 0) is 19.0 Å². The van der Waals surface area contributed by atoms with Crippen LogP contribution in [0.2, 0.25) is 0 Å². The van der Waals surface area contributed by atoms with Gasteiger partial charge in [0, 0.05) is 31.1 Å². The standard InChI is InChI=1S/C16H20N2O4/c1-21-12-4-3-11(13(7-12)22-2)9-18-6-5-16(10-18)8-14(19)17-15(16)20/h3-4,7H,5-6,8-10H2,1-2H3,(H,17,19,20). The van der Waals surface area contributed by atoms with E-state index >= 15 is 0 Å². The van der Waals surface area contributed by atoms with Crippen molar-refractivity contribution in [1.82, 2.24) is 10.2 Å². The van der Waals surface area contributed by atoms with Gasteiger partial charge in [-0.2, -0.15) is 0 Å². The molecule has 2 saturated heterocycles. The average molecular weight is 304 g/mol. The number of carbonyl (C=O) groups is 2. The number of methoxy groups -OCH3 is 2. The molecule has 3 rings (SSSR count). The van der Waals surface area contributed by atoms with Crippen LogP contribution in [0.4, 0.5) is 0 Å². The quantitative estimate of drug-likeness (QED) is 0.839. The minimum Gasteiger partial charge on any atom is -0.497 e. The van der Waals surface area contributed by atoms with Gasteiger partial charge in [-0.25, -0.2) is 0 Å². The van der Waals surface area contributed by atoms with E-state index in [1.807, 2.05) is 18.2 Å². The highest BCUT2D eigenvalue weighted by molar-refractivity contribution is 6.06. The van der Waals surface area contributed by atoms with Gasteiger partial charge in [-0.3, -0.25) is 19.8 Å². The molecule has 2 amide bonds. The maximum atomic E-state index is 12.0. The average Bonchev–Trinajstić information content (AvgIpc) is 3.03. The van der Waals surface area contributed by atoms with Crippen molar-refractivity contribution >= 4 is 11.8 Å². The number of ether oxygens (including phenoxy) is 2. The second-order valence-corrected chi connectivity index (χ2v) is 5.97. The molecule has 2 aliphatic heterocycles. The molecule has 1 aromatic rings. The largest absolute Gasteiger partial charge is 0.497 e. The molecule has 6 heteroatoms. The highest BCUT2D eigenvalue weighted by atomic mass is 16.5. The maximum absolute atomic E-state index is 12.0. The fourth-order valence-electron chi connectivity index (χ4n) is 3.34. The van der Waals surface area contributed by atoms with Gasteiger partial charge in [0.15, 0.2) is 0 Å². The lowest BCUT2D eigenvalue weighted by Crippen LogP contribution is -2.34. The Morgan fingerprint density at radius 2 is 2.09 bits per heavy atom. The molecule has 2 heterocycles. The van der Waals surface area contributed by atoms with E-state index in [1.54, 1.807) is 14.2 Å². The van der Waals surface area contributed by atoms with Gasteiger partial charge in [-0.15, -0.1) is 0 Å². The fraction of sp³-hybridized carbons (Fsp3) is 0.500. The van der Waals surface area contributed by atoms with Crippen LogP contribution in [0.15, 0.2) is 18.2 Å². The molecule has 1 unspecified atom stereocenters. The van der Waals surface area contributed by atoms with Gasteiger partial charge in [0.25, 0.3) is 0 Å². The van der Waals surface area contributed by atoms with E-state index in [0.29, 0.717) is 19.5 Å². The second-order valence-electron chi connectivity index (χ2n) is 5.97. The number of amides is 2. The van der Waals surface area contributed by atoms with Gasteiger partial charge in [0.1, 0.15) is 11.5 Å². The molecular formula is C16H20N2O4. The summed E-state index contributed by atoms with van der Waals surface area (Å²) in [6.07, 6.45) is 1.03. The number of hydrogen-bond donors (Lipinski definition) is 1. The first kappa shape index (κ1) is 14.8. The zero-order valence-corrected chi connectivity index (χ0v) is 12.8. The van der Waals surface area contributed by atoms with Crippen LogP contribution in [0, 0.1) is 5.41 Å².